The fourth-order valence-electron chi connectivity index (χ4n) is 13.3. The Hall–Kier alpha value is -9.21. The number of likely N-dealkylation sites (tertiary alicyclic amines) is 4. The van der Waals surface area contributed by atoms with Crippen LogP contribution in [0.15, 0.2) is 82.5 Å². The van der Waals surface area contributed by atoms with E-state index in [2.05, 4.69) is 80.9 Å². The van der Waals surface area contributed by atoms with Crippen LogP contribution < -0.4 is 42.2 Å². The zero-order chi connectivity index (χ0) is 101. The molecule has 2 aromatic carbocycles. The van der Waals surface area contributed by atoms with Crippen molar-refractivity contribution in [2.45, 2.75) is 235 Å². The number of amides is 5. The van der Waals surface area contributed by atoms with Gasteiger partial charge in [0, 0.05) is 205 Å². The lowest BCUT2D eigenvalue weighted by atomic mass is 9.95. The van der Waals surface area contributed by atoms with Crippen LogP contribution in [0.5, 0.6) is 11.5 Å². The number of β-amino-alcohol motifs (C(OH)–C–C–N with tert-alkyl or cyclic N) is 2. The van der Waals surface area contributed by atoms with Gasteiger partial charge in [-0.05, 0) is 61.1 Å². The Morgan fingerprint density at radius 3 is 1.14 bits per heavy atom. The third-order valence-corrected chi connectivity index (χ3v) is 22.1. The number of nitrogens with zero attached hydrogens (tertiary/aromatic N) is 16. The quantitative estimate of drug-likeness (QED) is 0.0235. The monoisotopic (exact) mass is 2060 g/mol. The van der Waals surface area contributed by atoms with Crippen molar-refractivity contribution in [3.63, 3.8) is 0 Å². The van der Waals surface area contributed by atoms with E-state index in [1.54, 1.807) is 91.7 Å². The van der Waals surface area contributed by atoms with Gasteiger partial charge >= 0.3 is 5.97 Å². The molecule has 0 unspecified atom stereocenters. The number of nitrogens with two attached hydrogens (primary N) is 2. The lowest BCUT2D eigenvalue weighted by molar-refractivity contribution is -0.133. The fourth-order valence-corrected chi connectivity index (χ4v) is 14.5. The van der Waals surface area contributed by atoms with Gasteiger partial charge in [0.05, 0.1) is 59.9 Å². The van der Waals surface area contributed by atoms with Crippen molar-refractivity contribution >= 4 is 138 Å². The number of ether oxygens (including phenoxy) is 3. The van der Waals surface area contributed by atoms with E-state index in [9.17, 15) is 39.0 Å². The summed E-state index contributed by atoms with van der Waals surface area (Å²) in [6, 6.07) is 14.8. The third kappa shape index (κ3) is 40.1. The molecule has 0 aliphatic carbocycles. The first-order valence-corrected chi connectivity index (χ1v) is 46.0. The van der Waals surface area contributed by atoms with Crippen LogP contribution in [0, 0.1) is 0 Å². The second-order valence-corrected chi connectivity index (χ2v) is 38.9. The number of aliphatic hydroxyl groups is 5. The molecule has 0 saturated carbocycles. The maximum Gasteiger partial charge on any atom is 0.356 e. The summed E-state index contributed by atoms with van der Waals surface area (Å²) in [5, 5.41) is 57.6. The number of halogens is 5. The summed E-state index contributed by atoms with van der Waals surface area (Å²) >= 11 is 30.6. The molecule has 45 heteroatoms. The maximum absolute atomic E-state index is 13.1. The molecule has 5 amide bonds. The predicted molar refractivity (Wildman–Crippen MR) is 546 cm³/mol. The lowest BCUT2D eigenvalue weighted by Gasteiger charge is -2.39. The van der Waals surface area contributed by atoms with Crippen molar-refractivity contribution < 1.29 is 77.3 Å². The highest BCUT2D eigenvalue weighted by molar-refractivity contribution is 7.59. The molecule has 138 heavy (non-hydrogen) atoms. The lowest BCUT2D eigenvalue weighted by Crippen LogP contribution is -2.57. The van der Waals surface area contributed by atoms with Crippen molar-refractivity contribution in [3.8, 4) is 11.5 Å². The number of anilines is 3. The van der Waals surface area contributed by atoms with Gasteiger partial charge in [-0.1, -0.05) is 161 Å². The number of esters is 1. The Labute approximate surface area is 849 Å². The Kier molecular flexibility index (Phi) is 51.4. The predicted octanol–water partition coefficient (Wildman–Crippen LogP) is 10.4. The average molecular weight is 2070 g/mol. The van der Waals surface area contributed by atoms with Gasteiger partial charge in [0.1, 0.15) is 86.6 Å². The molecule has 0 bridgehead atoms. The topological polar surface area (TPSA) is 506 Å². The van der Waals surface area contributed by atoms with Crippen LogP contribution in [0.3, 0.4) is 0 Å². The van der Waals surface area contributed by atoms with Crippen molar-refractivity contribution in [3.05, 3.63) is 168 Å². The minimum Gasteiger partial charge on any atom is -0.484 e. The molecule has 6 aliphatic rings. The van der Waals surface area contributed by atoms with Gasteiger partial charge in [-0.2, -0.15) is 27.0 Å². The highest BCUT2D eigenvalue weighted by Gasteiger charge is 2.35. The molecule has 14 rings (SSSR count). The summed E-state index contributed by atoms with van der Waals surface area (Å²) in [5.74, 6) is 6.28. The zero-order valence-electron chi connectivity index (χ0n) is 82.0. The van der Waals surface area contributed by atoms with E-state index >= 15 is 0 Å². The Morgan fingerprint density at radius 1 is 0.493 bits per heavy atom. The summed E-state index contributed by atoms with van der Waals surface area (Å²) < 4.78 is 26.6. The molecule has 4 fully saturated rings. The number of methoxy groups -OCH3 is 1. The number of carbonyl (C=O) groups excluding carboxylic acids is 6. The summed E-state index contributed by atoms with van der Waals surface area (Å²) in [6.45, 7) is 43.9. The number of hydrogen-bond donors (Lipinski definition) is 11. The number of carbonyl (C=O) groups is 6. The van der Waals surface area contributed by atoms with E-state index in [1.165, 1.54) is 26.0 Å². The van der Waals surface area contributed by atoms with Gasteiger partial charge in [0.2, 0.25) is 23.6 Å². The minimum absolute atomic E-state index is 0. The Bertz CT molecular complexity index is 5110. The summed E-state index contributed by atoms with van der Waals surface area (Å²) in [6.07, 6.45) is 6.05. The minimum atomic E-state index is -0.778. The summed E-state index contributed by atoms with van der Waals surface area (Å²) in [4.78, 5) is 123. The number of aromatic nitrogens is 10. The van der Waals surface area contributed by atoms with E-state index in [4.69, 9.17) is 108 Å². The maximum atomic E-state index is 13.1. The van der Waals surface area contributed by atoms with Crippen LogP contribution in [0.1, 0.15) is 210 Å². The normalized spacial score (nSPS) is 15.0. The number of fused-ring (bicyclic) bond motifs is 2. The number of hydrogen-bond acceptors (Lipinski definition) is 33. The molecule has 6 aromatic heterocycles. The van der Waals surface area contributed by atoms with Crippen LogP contribution in [-0.4, -0.2) is 296 Å². The number of oxazole rings is 2. The molecule has 8 aromatic rings. The molecule has 4 saturated heterocycles. The van der Waals surface area contributed by atoms with Crippen LogP contribution in [0.25, 0.3) is 0 Å². The van der Waals surface area contributed by atoms with Crippen molar-refractivity contribution in [2.24, 2.45) is 11.5 Å². The van der Waals surface area contributed by atoms with E-state index in [1.807, 2.05) is 107 Å². The summed E-state index contributed by atoms with van der Waals surface area (Å²) in [7, 11) is 3.32. The molecular formula is C93H143Cl5N22O16S2. The molecule has 38 nitrogen and oxygen atoms in total. The summed E-state index contributed by atoms with van der Waals surface area (Å²) in [5.41, 5.74) is 14.8. The number of nitrogens with one attached hydrogen (secondary N) is 4. The van der Waals surface area contributed by atoms with Crippen LogP contribution in [0.2, 0.25) is 25.5 Å². The molecule has 0 radical (unpaired) electrons. The van der Waals surface area contributed by atoms with E-state index in [0.717, 1.165) is 74.9 Å². The van der Waals surface area contributed by atoms with Gasteiger partial charge in [-0.3, -0.25) is 33.8 Å². The van der Waals surface area contributed by atoms with Gasteiger partial charge < -0.3 is 101 Å². The van der Waals surface area contributed by atoms with E-state index in [-0.39, 0.29) is 147 Å². The highest BCUT2D eigenvalue weighted by atomic mass is 35.5. The largest absolute Gasteiger partial charge is 0.484 e. The second kappa shape index (κ2) is 57.6. The van der Waals surface area contributed by atoms with Gasteiger partial charge in [0.15, 0.2) is 30.0 Å². The number of aliphatic hydroxyl groups excluding tert-OH is 5. The van der Waals surface area contributed by atoms with Crippen molar-refractivity contribution in [2.75, 3.05) is 129 Å². The Balaban J connectivity index is 0.000000445. The molecule has 13 N–H and O–H groups in total. The van der Waals surface area contributed by atoms with E-state index in [0.29, 0.717) is 162 Å². The van der Waals surface area contributed by atoms with Crippen molar-refractivity contribution in [1.82, 2.24) is 84.6 Å². The van der Waals surface area contributed by atoms with E-state index < -0.39 is 18.2 Å². The smallest absolute Gasteiger partial charge is 0.356 e. The standard InChI is InChI=1S/C30H38ClN7O5.C16H20ClN3O3.C15H22N4O3.C13H19ClN4O.C8H10Cl2N2.C5H10N2O.C3H8O.2CH4O.CH4.2H2S/c1-18(39)38-13-20(14-38)34-26-9-24(35-29(36-26)30(2,3)4)28(41)33-10-21(40)15-37-8-7-23-19(12-37)5-6-25(27(23)31)42-16-22-11-32-17-43-22;17-16-14-3-4-20(8-12(21)5-18)7-11(14)1-2-15(16)22-9-13-6-19-10-23-13;1-9(20)19-7-10(8-19)16-12-6-11(13(21)22-5)17-14(18-12)15(2,3)4;1-8(19)18-6-9(7-18)15-11-5-10(14)16-12(17-11)13(2,3)4;1-8(2,3)7-11-5(9)4-6(10)12-7;1-4(8)7-2-5(6)3-7;1-3(2)4;2*1-2;;;/h5-6,9,11,17,20-21,40H,7-8,10,12-16H2,1-4H3,(H,33,41)(H,34,35,36);1-2,6,10,12,21H,3-5,7-9,18H2;6,10H,7-8H2,1-5H3,(H,16,17,18);5,9H,6-7H2,1-4H3,(H,15,16,17);4H,1-3H3;5H,2-3,6H2,1H3;3-4H,1-2H3;2*2H,1H3;1H4;2*1H2/t21-;12-;;;;;;;;;;/m00........../s1. The second-order valence-electron chi connectivity index (χ2n) is 37.0. The average Bonchev–Trinajstić information content (AvgIpc) is 1.07. The molecule has 2 atom stereocenters. The van der Waals surface area contributed by atoms with Crippen molar-refractivity contribution in [1.29, 1.82) is 0 Å². The first-order chi connectivity index (χ1) is 63.4. The van der Waals surface area contributed by atoms with Gasteiger partial charge in [-0.25, -0.2) is 54.6 Å². The molecule has 12 heterocycles. The van der Waals surface area contributed by atoms with Gasteiger partial charge in [0.25, 0.3) is 5.91 Å². The first kappa shape index (κ1) is 123. The van der Waals surface area contributed by atoms with Crippen LogP contribution in [-0.2, 0) is 84.7 Å². The molecule has 6 aliphatic heterocycles. The first-order valence-electron chi connectivity index (χ1n) is 44.1. The Morgan fingerprint density at radius 2 is 0.819 bits per heavy atom. The SMILES string of the molecule is C.CC(=O)N1CC(N)C1.CC(=O)N1CC(Nc2cc(C(=O)NC[C@H](O)CN3CCc4c(ccc(OCc5cnco5)c4Cl)C3)nc(C(C)(C)C)n2)C1.CC(=O)N1CC(Nc2cc(Cl)nc(C(C)(C)C)n2)C1.CC(C)(C)c1nc(Cl)cc(Cl)n1.CC(C)O.CO.CO.COC(=O)c1cc(NC2CN(C(C)=O)C2)nc(C(C)(C)C)n1.NC[C@H](O)CN1CCc2c(ccc(OCc3cnco3)c2Cl)C1.S.S. The molecule has 768 valence electrons. The van der Waals surface area contributed by atoms with Gasteiger partial charge in [-0.15, -0.1) is 0 Å². The number of benzene rings is 2. The fraction of sp³-hybridized carbons (Fsp3) is 0.570. The highest BCUT2D eigenvalue weighted by Crippen LogP contribution is 2.37. The van der Waals surface area contributed by atoms with Crippen LogP contribution >= 0.6 is 85.0 Å². The third-order valence-electron chi connectivity index (χ3n) is 20.7. The number of rotatable bonds is 21. The molecular weight excluding hydrogens is 1920 g/mol. The van der Waals surface area contributed by atoms with Crippen LogP contribution in [0.4, 0.5) is 17.5 Å². The zero-order valence-corrected chi connectivity index (χ0v) is 87.8. The molecule has 0 spiro atoms.